The molecular formula is C13H17F2NO2. The van der Waals surface area contributed by atoms with Crippen LogP contribution in [-0.4, -0.2) is 30.1 Å². The normalized spacial score (nSPS) is 12.6. The molecule has 100 valence electrons. The van der Waals surface area contributed by atoms with Gasteiger partial charge in [0.05, 0.1) is 0 Å². The van der Waals surface area contributed by atoms with Crippen LogP contribution >= 0.6 is 0 Å². The summed E-state index contributed by atoms with van der Waals surface area (Å²) in [6, 6.07) is 3.71. The minimum Gasteiger partial charge on any atom is -0.385 e. The number of halogens is 2. The van der Waals surface area contributed by atoms with Gasteiger partial charge in [-0.2, -0.15) is 0 Å². The molecule has 18 heavy (non-hydrogen) atoms. The van der Waals surface area contributed by atoms with E-state index >= 15 is 0 Å². The van der Waals surface area contributed by atoms with Gasteiger partial charge in [-0.3, -0.25) is 4.79 Å². The van der Waals surface area contributed by atoms with E-state index in [4.69, 9.17) is 5.11 Å². The Hall–Kier alpha value is -1.49. The number of amides is 1. The van der Waals surface area contributed by atoms with Crippen LogP contribution in [0.2, 0.25) is 0 Å². The minimum atomic E-state index is -2.86. The lowest BCUT2D eigenvalue weighted by Gasteiger charge is -2.14. The molecule has 1 unspecified atom stereocenters. The van der Waals surface area contributed by atoms with Gasteiger partial charge in [-0.15, -0.1) is 0 Å². The molecule has 0 saturated heterocycles. The van der Waals surface area contributed by atoms with Crippen LogP contribution < -0.4 is 5.32 Å². The first kappa shape index (κ1) is 14.6. The van der Waals surface area contributed by atoms with Gasteiger partial charge in [-0.05, 0) is 31.9 Å². The van der Waals surface area contributed by atoms with E-state index in [0.717, 1.165) is 16.7 Å². The smallest absolute Gasteiger partial charge is 0.265 e. The first-order valence-electron chi connectivity index (χ1n) is 5.65. The van der Waals surface area contributed by atoms with Crippen molar-refractivity contribution in [2.45, 2.75) is 33.3 Å². The molecule has 1 aromatic rings. The van der Waals surface area contributed by atoms with Crippen molar-refractivity contribution in [1.82, 2.24) is 5.32 Å². The number of aliphatic hydroxyl groups excluding tert-OH is 1. The third-order valence-electron chi connectivity index (χ3n) is 2.67. The van der Waals surface area contributed by atoms with Crippen LogP contribution in [0.3, 0.4) is 0 Å². The van der Waals surface area contributed by atoms with E-state index in [1.807, 2.05) is 19.1 Å². The summed E-state index contributed by atoms with van der Waals surface area (Å²) in [4.78, 5) is 11.9. The monoisotopic (exact) mass is 257 g/mol. The van der Waals surface area contributed by atoms with E-state index in [1.165, 1.54) is 0 Å². The zero-order valence-corrected chi connectivity index (χ0v) is 10.6. The van der Waals surface area contributed by atoms with Crippen molar-refractivity contribution in [1.29, 1.82) is 0 Å². The fourth-order valence-electron chi connectivity index (χ4n) is 1.91. The highest BCUT2D eigenvalue weighted by Gasteiger charge is 2.19. The summed E-state index contributed by atoms with van der Waals surface area (Å²) < 4.78 is 24.2. The number of hydrogen-bond acceptors (Lipinski definition) is 2. The maximum atomic E-state index is 12.1. The molecular weight excluding hydrogens is 240 g/mol. The van der Waals surface area contributed by atoms with Crippen LogP contribution in [-0.2, 0) is 0 Å². The SMILES string of the molecule is Cc1cc(C)c(C(=O)NCC(O)C(F)F)c(C)c1. The second-order valence-electron chi connectivity index (χ2n) is 4.39. The van der Waals surface area contributed by atoms with Crippen molar-refractivity contribution in [3.63, 3.8) is 0 Å². The van der Waals surface area contributed by atoms with Crippen molar-refractivity contribution in [2.75, 3.05) is 6.54 Å². The largest absolute Gasteiger partial charge is 0.385 e. The molecule has 1 aromatic carbocycles. The minimum absolute atomic E-state index is 0.440. The van der Waals surface area contributed by atoms with Gasteiger partial charge in [0.1, 0.15) is 6.10 Å². The molecule has 0 aliphatic heterocycles. The predicted octanol–water partition coefficient (Wildman–Crippen LogP) is 1.97. The first-order valence-corrected chi connectivity index (χ1v) is 5.65. The number of nitrogens with one attached hydrogen (secondary N) is 1. The molecule has 1 rings (SSSR count). The van der Waals surface area contributed by atoms with E-state index in [0.29, 0.717) is 5.56 Å². The fourth-order valence-corrected chi connectivity index (χ4v) is 1.91. The summed E-state index contributed by atoms with van der Waals surface area (Å²) >= 11 is 0. The van der Waals surface area contributed by atoms with E-state index in [-0.39, 0.29) is 0 Å². The molecule has 0 saturated carbocycles. The summed E-state index contributed by atoms with van der Waals surface area (Å²) in [5, 5.41) is 11.3. The first-order chi connectivity index (χ1) is 8.32. The third kappa shape index (κ3) is 3.50. The highest BCUT2D eigenvalue weighted by atomic mass is 19.3. The van der Waals surface area contributed by atoms with Gasteiger partial charge in [0, 0.05) is 12.1 Å². The molecule has 1 atom stereocenters. The second kappa shape index (κ2) is 5.91. The molecule has 1 amide bonds. The highest BCUT2D eigenvalue weighted by Crippen LogP contribution is 2.16. The Kier molecular flexibility index (Phi) is 4.78. The Labute approximate surface area is 105 Å². The summed E-state index contributed by atoms with van der Waals surface area (Å²) in [5.41, 5.74) is 3.09. The molecule has 0 aliphatic rings. The Morgan fingerprint density at radius 1 is 1.28 bits per heavy atom. The van der Waals surface area contributed by atoms with Crippen LogP contribution in [0.25, 0.3) is 0 Å². The molecule has 0 radical (unpaired) electrons. The Morgan fingerprint density at radius 3 is 2.22 bits per heavy atom. The molecule has 2 N–H and O–H groups in total. The standard InChI is InChI=1S/C13H17F2NO2/c1-7-4-8(2)11(9(3)5-7)13(18)16-6-10(17)12(14)15/h4-5,10,12,17H,6H2,1-3H3,(H,16,18). The number of carbonyl (C=O) groups excluding carboxylic acids is 1. The van der Waals surface area contributed by atoms with Crippen molar-refractivity contribution >= 4 is 5.91 Å². The molecule has 0 aliphatic carbocycles. The molecule has 0 aromatic heterocycles. The molecule has 0 heterocycles. The van der Waals surface area contributed by atoms with E-state index in [9.17, 15) is 13.6 Å². The Morgan fingerprint density at radius 2 is 1.78 bits per heavy atom. The summed E-state index contributed by atoms with van der Waals surface area (Å²) in [6.45, 7) is 5.04. The van der Waals surface area contributed by atoms with Crippen molar-refractivity contribution in [2.24, 2.45) is 0 Å². The molecule has 5 heteroatoms. The lowest BCUT2D eigenvalue weighted by molar-refractivity contribution is -0.00270. The number of rotatable bonds is 4. The molecule has 0 bridgehead atoms. The number of hydrogen-bond donors (Lipinski definition) is 2. The fraction of sp³-hybridized carbons (Fsp3) is 0.462. The van der Waals surface area contributed by atoms with Crippen molar-refractivity contribution in [3.05, 3.63) is 34.4 Å². The van der Waals surface area contributed by atoms with Gasteiger partial charge in [0.15, 0.2) is 0 Å². The summed E-state index contributed by atoms with van der Waals surface area (Å²) in [5.74, 6) is -0.440. The number of aliphatic hydroxyl groups is 1. The van der Waals surface area contributed by atoms with E-state index < -0.39 is 25.0 Å². The van der Waals surface area contributed by atoms with Crippen molar-refractivity contribution in [3.8, 4) is 0 Å². The predicted molar refractivity (Wildman–Crippen MR) is 65.0 cm³/mol. The molecule has 3 nitrogen and oxygen atoms in total. The Balaban J connectivity index is 2.79. The second-order valence-corrected chi connectivity index (χ2v) is 4.39. The van der Waals surface area contributed by atoms with Crippen LogP contribution in [0.1, 0.15) is 27.0 Å². The lowest BCUT2D eigenvalue weighted by atomic mass is 9.99. The van der Waals surface area contributed by atoms with Gasteiger partial charge in [-0.1, -0.05) is 17.7 Å². The zero-order chi connectivity index (χ0) is 13.9. The van der Waals surface area contributed by atoms with Crippen LogP contribution in [0.15, 0.2) is 12.1 Å². The maximum Gasteiger partial charge on any atom is 0.265 e. The Bertz CT molecular complexity index is 424. The third-order valence-corrected chi connectivity index (χ3v) is 2.67. The van der Waals surface area contributed by atoms with Crippen LogP contribution in [0, 0.1) is 20.8 Å². The molecule has 0 fully saturated rings. The quantitative estimate of drug-likeness (QED) is 0.866. The summed E-state index contributed by atoms with van der Waals surface area (Å²) in [7, 11) is 0. The number of aryl methyl sites for hydroxylation is 3. The number of alkyl halides is 2. The van der Waals surface area contributed by atoms with Crippen LogP contribution in [0.4, 0.5) is 8.78 Å². The van der Waals surface area contributed by atoms with Gasteiger partial charge in [0.25, 0.3) is 12.3 Å². The average Bonchev–Trinajstić information content (AvgIpc) is 2.24. The van der Waals surface area contributed by atoms with Gasteiger partial charge < -0.3 is 10.4 Å². The average molecular weight is 257 g/mol. The van der Waals surface area contributed by atoms with Gasteiger partial charge >= 0.3 is 0 Å². The maximum absolute atomic E-state index is 12.1. The van der Waals surface area contributed by atoms with E-state index in [1.54, 1.807) is 13.8 Å². The highest BCUT2D eigenvalue weighted by molar-refractivity contribution is 5.97. The van der Waals surface area contributed by atoms with Gasteiger partial charge in [-0.25, -0.2) is 8.78 Å². The van der Waals surface area contributed by atoms with Gasteiger partial charge in [0.2, 0.25) is 0 Å². The topological polar surface area (TPSA) is 49.3 Å². The zero-order valence-electron chi connectivity index (χ0n) is 10.6. The number of carbonyl (C=O) groups is 1. The lowest BCUT2D eigenvalue weighted by Crippen LogP contribution is -2.36. The van der Waals surface area contributed by atoms with Crippen LogP contribution in [0.5, 0.6) is 0 Å². The van der Waals surface area contributed by atoms with Crippen molar-refractivity contribution < 1.29 is 18.7 Å². The summed E-state index contributed by atoms with van der Waals surface area (Å²) in [6.07, 6.45) is -4.69. The molecule has 0 spiro atoms. The van der Waals surface area contributed by atoms with E-state index in [2.05, 4.69) is 5.32 Å². The number of benzene rings is 1.